The van der Waals surface area contributed by atoms with Gasteiger partial charge in [-0.3, -0.25) is 14.2 Å². The third-order valence-electron chi connectivity index (χ3n) is 4.33. The third-order valence-corrected chi connectivity index (χ3v) is 4.82. The molecule has 2 heterocycles. The number of carbonyl (C=O) groups excluding carboxylic acids is 2. The topological polar surface area (TPSA) is 60.8 Å². The van der Waals surface area contributed by atoms with Gasteiger partial charge in [0.05, 0.1) is 24.7 Å². The van der Waals surface area contributed by atoms with E-state index in [1.54, 1.807) is 28.8 Å². The summed E-state index contributed by atoms with van der Waals surface area (Å²) in [5.74, 6) is 0.0335. The fraction of sp³-hybridized carbons (Fsp3) is 0.158. The highest BCUT2D eigenvalue weighted by Gasteiger charge is 2.40. The summed E-state index contributed by atoms with van der Waals surface area (Å²) in [5, 5.41) is 2.13. The van der Waals surface area contributed by atoms with E-state index < -0.39 is 12.0 Å². The summed E-state index contributed by atoms with van der Waals surface area (Å²) in [7, 11) is 1.42. The lowest BCUT2D eigenvalue weighted by molar-refractivity contribution is -0.143. The van der Waals surface area contributed by atoms with Gasteiger partial charge in [0, 0.05) is 9.86 Å². The Morgan fingerprint density at radius 3 is 2.65 bits per heavy atom. The van der Waals surface area contributed by atoms with Crippen LogP contribution in [0.5, 0.6) is 5.75 Å². The number of rotatable bonds is 4. The van der Waals surface area contributed by atoms with Crippen molar-refractivity contribution in [2.75, 3.05) is 7.11 Å². The van der Waals surface area contributed by atoms with E-state index in [-0.39, 0.29) is 12.5 Å². The molecule has 0 radical (unpaired) electrons. The van der Waals surface area contributed by atoms with Crippen LogP contribution in [0, 0.1) is 0 Å². The molecule has 7 heteroatoms. The second kappa shape index (κ2) is 6.59. The summed E-state index contributed by atoms with van der Waals surface area (Å²) in [6.07, 6.45) is -0.00797. The van der Waals surface area contributed by atoms with Crippen molar-refractivity contribution < 1.29 is 19.2 Å². The van der Waals surface area contributed by atoms with E-state index in [2.05, 4.69) is 15.9 Å². The van der Waals surface area contributed by atoms with Crippen molar-refractivity contribution in [1.82, 2.24) is 9.63 Å². The van der Waals surface area contributed by atoms with Gasteiger partial charge in [-0.05, 0) is 36.4 Å². The number of fused-ring (bicyclic) bond motifs is 3. The Balaban J connectivity index is 1.66. The zero-order valence-corrected chi connectivity index (χ0v) is 15.5. The Hall–Kier alpha value is -2.64. The van der Waals surface area contributed by atoms with Gasteiger partial charge in [-0.2, -0.15) is 5.06 Å². The first-order valence-corrected chi connectivity index (χ1v) is 8.82. The van der Waals surface area contributed by atoms with Crippen LogP contribution >= 0.6 is 15.9 Å². The standard InChI is InChI=1S/C19H15BrN2O4/c1-25-22-17(11-18(23)26-14-5-3-2-4-6-14)16-10-12-9-13(20)7-8-15(12)21(16)19(22)24/h2-10,17H,11H2,1H3. The molecule has 132 valence electrons. The Morgan fingerprint density at radius 2 is 1.92 bits per heavy atom. The molecule has 1 amide bonds. The van der Waals surface area contributed by atoms with Gasteiger partial charge in [0.1, 0.15) is 11.8 Å². The van der Waals surface area contributed by atoms with E-state index in [1.165, 1.54) is 12.2 Å². The van der Waals surface area contributed by atoms with Crippen molar-refractivity contribution in [3.8, 4) is 5.75 Å². The van der Waals surface area contributed by atoms with Crippen LogP contribution in [-0.4, -0.2) is 28.7 Å². The first-order chi connectivity index (χ1) is 12.6. The number of esters is 1. The van der Waals surface area contributed by atoms with Crippen LogP contribution in [0.2, 0.25) is 0 Å². The van der Waals surface area contributed by atoms with Crippen LogP contribution in [0.4, 0.5) is 4.79 Å². The number of benzene rings is 2. The zero-order valence-electron chi connectivity index (χ0n) is 13.9. The van der Waals surface area contributed by atoms with Gasteiger partial charge in [-0.1, -0.05) is 34.1 Å². The van der Waals surface area contributed by atoms with Gasteiger partial charge in [0.15, 0.2) is 0 Å². The molecule has 4 rings (SSSR count). The Bertz CT molecular complexity index is 999. The summed E-state index contributed by atoms with van der Waals surface area (Å²) in [5.41, 5.74) is 1.48. The molecule has 1 aromatic heterocycles. The predicted molar refractivity (Wildman–Crippen MR) is 98.7 cm³/mol. The maximum absolute atomic E-state index is 12.7. The van der Waals surface area contributed by atoms with E-state index in [4.69, 9.17) is 9.57 Å². The molecular formula is C19H15BrN2O4. The SMILES string of the molecule is CON1C(=O)n2c(cc3cc(Br)ccc32)C1CC(=O)Oc1ccccc1. The number of hydrogen-bond donors (Lipinski definition) is 0. The number of amides is 1. The van der Waals surface area contributed by atoms with Crippen LogP contribution in [0.25, 0.3) is 10.9 Å². The van der Waals surface area contributed by atoms with Gasteiger partial charge in [-0.15, -0.1) is 0 Å². The van der Waals surface area contributed by atoms with Crippen molar-refractivity contribution in [2.24, 2.45) is 0 Å². The van der Waals surface area contributed by atoms with Crippen LogP contribution in [0.1, 0.15) is 18.2 Å². The first-order valence-electron chi connectivity index (χ1n) is 8.03. The highest BCUT2D eigenvalue weighted by molar-refractivity contribution is 9.10. The fourth-order valence-electron chi connectivity index (χ4n) is 3.23. The lowest BCUT2D eigenvalue weighted by Crippen LogP contribution is -2.30. The minimum Gasteiger partial charge on any atom is -0.426 e. The van der Waals surface area contributed by atoms with E-state index in [1.807, 2.05) is 30.3 Å². The molecule has 0 N–H and O–H groups in total. The molecule has 6 nitrogen and oxygen atoms in total. The van der Waals surface area contributed by atoms with Crippen molar-refractivity contribution in [2.45, 2.75) is 12.5 Å². The van der Waals surface area contributed by atoms with Crippen molar-refractivity contribution >= 4 is 38.8 Å². The molecule has 1 aliphatic rings. The number of ether oxygens (including phenoxy) is 1. The Morgan fingerprint density at radius 1 is 1.15 bits per heavy atom. The first kappa shape index (κ1) is 16.8. The van der Waals surface area contributed by atoms with Gasteiger partial charge in [-0.25, -0.2) is 4.79 Å². The van der Waals surface area contributed by atoms with Gasteiger partial charge in [0.2, 0.25) is 0 Å². The molecule has 1 atom stereocenters. The molecule has 1 unspecified atom stereocenters. The Labute approximate surface area is 158 Å². The van der Waals surface area contributed by atoms with Crippen molar-refractivity contribution in [3.63, 3.8) is 0 Å². The molecule has 0 saturated carbocycles. The number of hydrogen-bond acceptors (Lipinski definition) is 4. The summed E-state index contributed by atoms with van der Waals surface area (Å²) in [6.45, 7) is 0. The number of aromatic nitrogens is 1. The van der Waals surface area contributed by atoms with E-state index in [0.717, 1.165) is 15.4 Å². The normalized spacial score (nSPS) is 16.2. The molecule has 0 bridgehead atoms. The van der Waals surface area contributed by atoms with E-state index in [0.29, 0.717) is 11.4 Å². The summed E-state index contributed by atoms with van der Waals surface area (Å²) in [6, 6.07) is 15.5. The molecular weight excluding hydrogens is 400 g/mol. The lowest BCUT2D eigenvalue weighted by atomic mass is 10.1. The lowest BCUT2D eigenvalue weighted by Gasteiger charge is -2.20. The van der Waals surface area contributed by atoms with Gasteiger partial charge >= 0.3 is 12.0 Å². The van der Waals surface area contributed by atoms with E-state index in [9.17, 15) is 9.59 Å². The molecule has 0 spiro atoms. The summed E-state index contributed by atoms with van der Waals surface area (Å²) < 4.78 is 7.86. The molecule has 26 heavy (non-hydrogen) atoms. The van der Waals surface area contributed by atoms with Crippen LogP contribution in [0.3, 0.4) is 0 Å². The number of para-hydroxylation sites is 1. The monoisotopic (exact) mass is 414 g/mol. The molecule has 2 aromatic carbocycles. The minimum absolute atomic E-state index is 0.00797. The largest absolute Gasteiger partial charge is 0.426 e. The van der Waals surface area contributed by atoms with Crippen LogP contribution < -0.4 is 4.74 Å². The minimum atomic E-state index is -0.546. The van der Waals surface area contributed by atoms with Crippen LogP contribution in [-0.2, 0) is 9.63 Å². The predicted octanol–water partition coefficient (Wildman–Crippen LogP) is 4.29. The number of halogens is 1. The molecule has 0 saturated heterocycles. The fourth-order valence-corrected chi connectivity index (χ4v) is 3.61. The second-order valence-corrected chi connectivity index (χ2v) is 6.82. The molecule has 1 aliphatic heterocycles. The number of carbonyl (C=O) groups is 2. The maximum atomic E-state index is 12.7. The second-order valence-electron chi connectivity index (χ2n) is 5.91. The third kappa shape index (κ3) is 2.79. The van der Waals surface area contributed by atoms with Crippen LogP contribution in [0.15, 0.2) is 59.1 Å². The van der Waals surface area contributed by atoms with Gasteiger partial charge in [0.25, 0.3) is 0 Å². The summed E-state index contributed by atoms with van der Waals surface area (Å²) in [4.78, 5) is 30.4. The average molecular weight is 415 g/mol. The van der Waals surface area contributed by atoms with Gasteiger partial charge < -0.3 is 4.74 Å². The van der Waals surface area contributed by atoms with Crippen molar-refractivity contribution in [1.29, 1.82) is 0 Å². The maximum Gasteiger partial charge on any atom is 0.353 e. The number of nitrogens with zero attached hydrogens (tertiary/aromatic N) is 2. The average Bonchev–Trinajstić information content (AvgIpc) is 3.11. The van der Waals surface area contributed by atoms with E-state index >= 15 is 0 Å². The highest BCUT2D eigenvalue weighted by atomic mass is 79.9. The number of hydroxylamine groups is 2. The summed E-state index contributed by atoms with van der Waals surface area (Å²) >= 11 is 3.44. The molecule has 3 aromatic rings. The molecule has 0 fully saturated rings. The zero-order chi connectivity index (χ0) is 18.3. The smallest absolute Gasteiger partial charge is 0.353 e. The molecule has 0 aliphatic carbocycles. The Kier molecular flexibility index (Phi) is 4.26. The highest BCUT2D eigenvalue weighted by Crippen LogP contribution is 2.37. The quantitative estimate of drug-likeness (QED) is 0.471. The van der Waals surface area contributed by atoms with Crippen molar-refractivity contribution in [3.05, 3.63) is 64.8 Å².